The van der Waals surface area contributed by atoms with Crippen LogP contribution in [0.3, 0.4) is 0 Å². The topological polar surface area (TPSA) is 37.8 Å². The van der Waals surface area contributed by atoms with E-state index in [1.807, 2.05) is 12.3 Å². The van der Waals surface area contributed by atoms with Gasteiger partial charge < -0.3 is 5.32 Å². The molecule has 8 heteroatoms. The van der Waals surface area contributed by atoms with Crippen molar-refractivity contribution in [3.8, 4) is 0 Å². The molecule has 2 heterocycles. The van der Waals surface area contributed by atoms with E-state index in [2.05, 4.69) is 15.3 Å². The molecule has 1 N–H and O–H groups in total. The summed E-state index contributed by atoms with van der Waals surface area (Å²) >= 11 is 1.49. The SMILES string of the molecule is CCc1nc(CCNc2c(F)c(F)nc(F)c2F)cs1. The molecular weight excluding hydrogens is 294 g/mol. The smallest absolute Gasteiger partial charge is 0.253 e. The first kappa shape index (κ1) is 14.7. The lowest BCUT2D eigenvalue weighted by atomic mass is 10.3. The highest BCUT2D eigenvalue weighted by molar-refractivity contribution is 7.09. The van der Waals surface area contributed by atoms with Crippen LogP contribution in [-0.4, -0.2) is 16.5 Å². The van der Waals surface area contributed by atoms with Gasteiger partial charge in [-0.15, -0.1) is 11.3 Å². The molecule has 0 aliphatic carbocycles. The Labute approximate surface area is 116 Å². The fourth-order valence-corrected chi connectivity index (χ4v) is 2.36. The summed E-state index contributed by atoms with van der Waals surface area (Å²) in [5, 5.41) is 5.12. The molecule has 2 rings (SSSR count). The molecule has 108 valence electrons. The monoisotopic (exact) mass is 305 g/mol. The summed E-state index contributed by atoms with van der Waals surface area (Å²) in [5.41, 5.74) is -0.0869. The van der Waals surface area contributed by atoms with E-state index in [1.54, 1.807) is 0 Å². The molecule has 0 radical (unpaired) electrons. The average molecular weight is 305 g/mol. The number of aromatic nitrogens is 2. The Kier molecular flexibility index (Phi) is 4.53. The highest BCUT2D eigenvalue weighted by Crippen LogP contribution is 2.22. The van der Waals surface area contributed by atoms with Crippen LogP contribution in [0.5, 0.6) is 0 Å². The lowest BCUT2D eigenvalue weighted by Crippen LogP contribution is -2.12. The van der Waals surface area contributed by atoms with Crippen molar-refractivity contribution in [2.45, 2.75) is 19.8 Å². The van der Waals surface area contributed by atoms with E-state index in [9.17, 15) is 17.6 Å². The summed E-state index contributed by atoms with van der Waals surface area (Å²) in [6, 6.07) is 0. The van der Waals surface area contributed by atoms with Crippen LogP contribution in [0.2, 0.25) is 0 Å². The van der Waals surface area contributed by atoms with Gasteiger partial charge in [0.1, 0.15) is 5.69 Å². The van der Waals surface area contributed by atoms with Gasteiger partial charge in [0, 0.05) is 18.3 Å². The Morgan fingerprint density at radius 3 is 2.30 bits per heavy atom. The number of hydrogen-bond acceptors (Lipinski definition) is 4. The Balaban J connectivity index is 2.04. The largest absolute Gasteiger partial charge is 0.380 e. The minimum absolute atomic E-state index is 0.101. The van der Waals surface area contributed by atoms with Crippen LogP contribution < -0.4 is 5.32 Å². The van der Waals surface area contributed by atoms with Crippen molar-refractivity contribution < 1.29 is 17.6 Å². The zero-order chi connectivity index (χ0) is 14.7. The van der Waals surface area contributed by atoms with Crippen molar-refractivity contribution in [1.29, 1.82) is 0 Å². The van der Waals surface area contributed by atoms with E-state index in [0.717, 1.165) is 17.1 Å². The number of aryl methyl sites for hydroxylation is 1. The Morgan fingerprint density at radius 1 is 1.10 bits per heavy atom. The van der Waals surface area contributed by atoms with Crippen LogP contribution >= 0.6 is 11.3 Å². The average Bonchev–Trinajstić information content (AvgIpc) is 2.88. The van der Waals surface area contributed by atoms with E-state index in [0.29, 0.717) is 6.42 Å². The molecule has 0 atom stereocenters. The van der Waals surface area contributed by atoms with Crippen molar-refractivity contribution in [1.82, 2.24) is 9.97 Å². The fourth-order valence-electron chi connectivity index (χ4n) is 1.58. The summed E-state index contributed by atoms with van der Waals surface area (Å²) in [6.45, 7) is 2.07. The van der Waals surface area contributed by atoms with Crippen molar-refractivity contribution in [3.63, 3.8) is 0 Å². The Bertz CT molecular complexity index is 589. The molecule has 0 amide bonds. The van der Waals surface area contributed by atoms with E-state index in [4.69, 9.17) is 0 Å². The summed E-state index contributed by atoms with van der Waals surface area (Å²) < 4.78 is 52.4. The second kappa shape index (κ2) is 6.17. The molecule has 0 spiro atoms. The van der Waals surface area contributed by atoms with Crippen LogP contribution in [0.25, 0.3) is 0 Å². The first-order valence-corrected chi connectivity index (χ1v) is 6.78. The van der Waals surface area contributed by atoms with E-state index in [-0.39, 0.29) is 6.54 Å². The minimum atomic E-state index is -1.67. The zero-order valence-corrected chi connectivity index (χ0v) is 11.3. The lowest BCUT2D eigenvalue weighted by Gasteiger charge is -2.08. The molecule has 0 bridgehead atoms. The maximum Gasteiger partial charge on any atom is 0.253 e. The third kappa shape index (κ3) is 3.06. The molecule has 2 aromatic heterocycles. The molecule has 20 heavy (non-hydrogen) atoms. The van der Waals surface area contributed by atoms with Crippen LogP contribution in [0.4, 0.5) is 23.2 Å². The second-order valence-corrected chi connectivity index (χ2v) is 4.90. The quantitative estimate of drug-likeness (QED) is 0.680. The third-order valence-electron chi connectivity index (χ3n) is 2.58. The van der Waals surface area contributed by atoms with E-state index >= 15 is 0 Å². The van der Waals surface area contributed by atoms with Crippen LogP contribution in [-0.2, 0) is 12.8 Å². The van der Waals surface area contributed by atoms with E-state index in [1.165, 1.54) is 11.3 Å². The van der Waals surface area contributed by atoms with Gasteiger partial charge in [-0.1, -0.05) is 6.92 Å². The molecule has 0 unspecified atom stereocenters. The summed E-state index contributed by atoms with van der Waals surface area (Å²) in [5.74, 6) is -6.41. The highest BCUT2D eigenvalue weighted by atomic mass is 32.1. The second-order valence-electron chi connectivity index (χ2n) is 3.96. The first-order chi connectivity index (χ1) is 9.52. The Morgan fingerprint density at radius 2 is 1.75 bits per heavy atom. The van der Waals surface area contributed by atoms with E-state index < -0.39 is 29.2 Å². The molecule has 3 nitrogen and oxygen atoms in total. The van der Waals surface area contributed by atoms with Gasteiger partial charge in [-0.25, -0.2) is 4.98 Å². The number of nitrogens with one attached hydrogen (secondary N) is 1. The molecule has 0 aromatic carbocycles. The lowest BCUT2D eigenvalue weighted by molar-refractivity contribution is 0.410. The van der Waals surface area contributed by atoms with Crippen LogP contribution in [0.15, 0.2) is 5.38 Å². The predicted molar refractivity (Wildman–Crippen MR) is 67.8 cm³/mol. The molecule has 2 aromatic rings. The molecule has 0 saturated carbocycles. The molecule has 0 aliphatic heterocycles. The number of rotatable bonds is 5. The predicted octanol–water partition coefficient (Wildman–Crippen LogP) is 3.31. The van der Waals surface area contributed by atoms with Gasteiger partial charge in [0.15, 0.2) is 0 Å². The number of halogens is 4. The molecule has 0 fully saturated rings. The summed E-state index contributed by atoms with van der Waals surface area (Å²) in [4.78, 5) is 6.75. The van der Waals surface area contributed by atoms with Crippen LogP contribution in [0, 0.1) is 23.5 Å². The number of hydrogen-bond donors (Lipinski definition) is 1. The highest BCUT2D eigenvalue weighted by Gasteiger charge is 2.20. The Hall–Kier alpha value is -1.70. The number of nitrogens with zero attached hydrogens (tertiary/aromatic N) is 2. The maximum absolute atomic E-state index is 13.3. The van der Waals surface area contributed by atoms with Gasteiger partial charge in [-0.05, 0) is 6.42 Å². The molecule has 0 aliphatic rings. The van der Waals surface area contributed by atoms with Gasteiger partial charge in [-0.3, -0.25) is 0 Å². The summed E-state index contributed by atoms with van der Waals surface area (Å²) in [7, 11) is 0. The molecular formula is C12H11F4N3S. The normalized spacial score (nSPS) is 10.8. The van der Waals surface area contributed by atoms with Gasteiger partial charge in [0.05, 0.1) is 10.7 Å². The molecule has 0 saturated heterocycles. The summed E-state index contributed by atoms with van der Waals surface area (Å²) in [6.07, 6.45) is 1.20. The van der Waals surface area contributed by atoms with Crippen molar-refractivity contribution in [3.05, 3.63) is 39.6 Å². The van der Waals surface area contributed by atoms with Gasteiger partial charge >= 0.3 is 0 Å². The minimum Gasteiger partial charge on any atom is -0.380 e. The maximum atomic E-state index is 13.3. The van der Waals surface area contributed by atoms with Gasteiger partial charge in [-0.2, -0.15) is 22.5 Å². The third-order valence-corrected chi connectivity index (χ3v) is 3.62. The zero-order valence-electron chi connectivity index (χ0n) is 10.5. The van der Waals surface area contributed by atoms with Crippen molar-refractivity contribution in [2.75, 3.05) is 11.9 Å². The number of pyridine rings is 1. The first-order valence-electron chi connectivity index (χ1n) is 5.90. The van der Waals surface area contributed by atoms with Crippen LogP contribution in [0.1, 0.15) is 17.6 Å². The van der Waals surface area contributed by atoms with Crippen molar-refractivity contribution >= 4 is 17.0 Å². The van der Waals surface area contributed by atoms with Crippen molar-refractivity contribution in [2.24, 2.45) is 0 Å². The standard InChI is InChI=1S/C12H11F4N3S/c1-2-7-18-6(5-20-7)3-4-17-10-8(13)11(15)19-12(16)9(10)14/h5H,2-4H2,1H3,(H,17,19). The number of anilines is 1. The van der Waals surface area contributed by atoms with Gasteiger partial charge in [0.25, 0.3) is 11.9 Å². The van der Waals surface area contributed by atoms with Gasteiger partial charge in [0.2, 0.25) is 11.6 Å². The fraction of sp³-hybridized carbons (Fsp3) is 0.333. The number of thiazole rings is 1.